The number of unbranched alkanes of at least 4 members (excludes halogenated alkanes) is 1. The zero-order chi connectivity index (χ0) is 4.12. The van der Waals surface area contributed by atoms with E-state index in [0.29, 0.717) is 6.42 Å². The zero-order valence-electron chi connectivity index (χ0n) is 3.40. The average Bonchev–Trinajstić information content (AvgIpc) is 1.41. The predicted octanol–water partition coefficient (Wildman–Crippen LogP) is -0.312. The molecule has 0 N–H and O–H groups in total. The summed E-state index contributed by atoms with van der Waals surface area (Å²) >= 11 is 0. The van der Waals surface area contributed by atoms with Crippen molar-refractivity contribution < 1.29 is 4.79 Å². The number of rotatable bonds is 2. The molecule has 0 unspecified atom stereocenters. The number of carbonyl (C=O) groups is 1. The quantitative estimate of drug-likeness (QED) is 0.361. The van der Waals surface area contributed by atoms with Gasteiger partial charge in [-0.1, -0.05) is 6.92 Å². The molecule has 0 radical (unpaired) electrons. The van der Waals surface area contributed by atoms with Crippen molar-refractivity contribution in [1.82, 2.24) is 0 Å². The monoisotopic (exact) mass is 120 g/mol. The second-order valence-electron chi connectivity index (χ2n) is 0.955. The molecule has 3 heteroatoms. The van der Waals surface area contributed by atoms with Crippen molar-refractivity contribution in [3.8, 4) is 0 Å². The van der Waals surface area contributed by atoms with Crippen LogP contribution in [0.2, 0.25) is 0 Å². The molecule has 34 valence electrons. The molecule has 0 aromatic heterocycles. The Balaban J connectivity index is -0.0000000800. The van der Waals surface area contributed by atoms with Crippen LogP contribution in [0.3, 0.4) is 0 Å². The molecule has 0 saturated carbocycles. The molecule has 0 bridgehead atoms. The van der Waals surface area contributed by atoms with E-state index in [1.54, 1.807) is 0 Å². The SMILES string of the molecule is CCCC=O.[NaH].[NaH]. The van der Waals surface area contributed by atoms with Crippen LogP contribution in [-0.4, -0.2) is 65.4 Å². The Morgan fingerprint density at radius 1 is 1.43 bits per heavy atom. The molecule has 0 aliphatic rings. The first-order valence-corrected chi connectivity index (χ1v) is 1.85. The Kier molecular flexibility index (Phi) is 35.5. The van der Waals surface area contributed by atoms with Crippen molar-refractivity contribution in [3.63, 3.8) is 0 Å². The van der Waals surface area contributed by atoms with Crippen molar-refractivity contribution >= 4 is 65.4 Å². The van der Waals surface area contributed by atoms with Crippen LogP contribution in [0.4, 0.5) is 0 Å². The van der Waals surface area contributed by atoms with Crippen LogP contribution in [0, 0.1) is 0 Å². The molecular weight excluding hydrogens is 110 g/mol. The molecule has 0 spiro atoms. The van der Waals surface area contributed by atoms with Crippen molar-refractivity contribution in [2.75, 3.05) is 0 Å². The van der Waals surface area contributed by atoms with Crippen LogP contribution < -0.4 is 0 Å². The number of aldehydes is 1. The Bertz CT molecular complexity index is 30.9. The van der Waals surface area contributed by atoms with E-state index in [2.05, 4.69) is 0 Å². The Labute approximate surface area is 88.8 Å². The summed E-state index contributed by atoms with van der Waals surface area (Å²) in [5, 5.41) is 0. The van der Waals surface area contributed by atoms with Gasteiger partial charge in [-0.3, -0.25) is 0 Å². The first kappa shape index (κ1) is 15.9. The summed E-state index contributed by atoms with van der Waals surface area (Å²) in [5.74, 6) is 0. The van der Waals surface area contributed by atoms with Gasteiger partial charge >= 0.3 is 59.1 Å². The molecule has 0 heterocycles. The van der Waals surface area contributed by atoms with E-state index < -0.39 is 0 Å². The van der Waals surface area contributed by atoms with Gasteiger partial charge in [-0.05, 0) is 6.42 Å². The van der Waals surface area contributed by atoms with Gasteiger partial charge in [-0.15, -0.1) is 0 Å². The van der Waals surface area contributed by atoms with Gasteiger partial charge in [0.2, 0.25) is 0 Å². The fourth-order valence-corrected chi connectivity index (χ4v) is 0.118. The van der Waals surface area contributed by atoms with Crippen LogP contribution in [0.25, 0.3) is 0 Å². The summed E-state index contributed by atoms with van der Waals surface area (Å²) in [5.41, 5.74) is 0. The van der Waals surface area contributed by atoms with Gasteiger partial charge in [-0.2, -0.15) is 0 Å². The first-order chi connectivity index (χ1) is 2.41. The second-order valence-corrected chi connectivity index (χ2v) is 0.955. The van der Waals surface area contributed by atoms with Crippen LogP contribution in [-0.2, 0) is 4.79 Å². The second kappa shape index (κ2) is 15.6. The van der Waals surface area contributed by atoms with E-state index in [1.807, 2.05) is 6.92 Å². The summed E-state index contributed by atoms with van der Waals surface area (Å²) in [7, 11) is 0. The molecule has 0 saturated heterocycles. The van der Waals surface area contributed by atoms with E-state index >= 15 is 0 Å². The third-order valence-corrected chi connectivity index (χ3v) is 0.407. The normalized spacial score (nSPS) is 5.29. The summed E-state index contributed by atoms with van der Waals surface area (Å²) < 4.78 is 0. The first-order valence-electron chi connectivity index (χ1n) is 1.85. The fraction of sp³-hybridized carbons (Fsp3) is 0.750. The van der Waals surface area contributed by atoms with E-state index in [0.717, 1.165) is 12.7 Å². The van der Waals surface area contributed by atoms with Crippen molar-refractivity contribution in [2.45, 2.75) is 19.8 Å². The van der Waals surface area contributed by atoms with E-state index in [9.17, 15) is 4.79 Å². The van der Waals surface area contributed by atoms with Crippen LogP contribution in [0.5, 0.6) is 0 Å². The summed E-state index contributed by atoms with van der Waals surface area (Å²) in [6, 6.07) is 0. The van der Waals surface area contributed by atoms with Gasteiger partial charge in [-0.25, -0.2) is 0 Å². The molecule has 0 fully saturated rings. The average molecular weight is 120 g/mol. The minimum absolute atomic E-state index is 0. The van der Waals surface area contributed by atoms with Gasteiger partial charge in [0.05, 0.1) is 0 Å². The van der Waals surface area contributed by atoms with Crippen molar-refractivity contribution in [2.24, 2.45) is 0 Å². The van der Waals surface area contributed by atoms with E-state index in [1.165, 1.54) is 0 Å². The van der Waals surface area contributed by atoms with Crippen molar-refractivity contribution in [1.29, 1.82) is 0 Å². The topological polar surface area (TPSA) is 17.1 Å². The molecule has 0 amide bonds. The fourth-order valence-electron chi connectivity index (χ4n) is 0.118. The molecule has 0 aliphatic carbocycles. The molecule has 0 aromatic rings. The van der Waals surface area contributed by atoms with Gasteiger partial charge < -0.3 is 4.79 Å². The van der Waals surface area contributed by atoms with Crippen LogP contribution in [0.15, 0.2) is 0 Å². The number of carbonyl (C=O) groups excluding carboxylic acids is 1. The third kappa shape index (κ3) is 18.3. The zero-order valence-corrected chi connectivity index (χ0v) is 3.40. The third-order valence-electron chi connectivity index (χ3n) is 0.407. The maximum atomic E-state index is 9.40. The molecule has 0 rings (SSSR count). The molecule has 0 atom stereocenters. The van der Waals surface area contributed by atoms with Crippen LogP contribution >= 0.6 is 0 Å². The van der Waals surface area contributed by atoms with Crippen LogP contribution in [0.1, 0.15) is 19.8 Å². The Hall–Kier alpha value is 1.67. The predicted molar refractivity (Wildman–Crippen MR) is 35.3 cm³/mol. The molecule has 7 heavy (non-hydrogen) atoms. The molecule has 1 nitrogen and oxygen atoms in total. The number of hydrogen-bond acceptors (Lipinski definition) is 1. The maximum absolute atomic E-state index is 9.40. The van der Waals surface area contributed by atoms with Crippen molar-refractivity contribution in [3.05, 3.63) is 0 Å². The molecule has 0 aromatic carbocycles. The van der Waals surface area contributed by atoms with E-state index in [4.69, 9.17) is 0 Å². The minimum atomic E-state index is 0. The van der Waals surface area contributed by atoms with Gasteiger partial charge in [0.25, 0.3) is 0 Å². The molecule has 0 aliphatic heterocycles. The Morgan fingerprint density at radius 2 is 1.86 bits per heavy atom. The number of hydrogen-bond donors (Lipinski definition) is 0. The summed E-state index contributed by atoms with van der Waals surface area (Å²) in [6.07, 6.45) is 2.61. The standard InChI is InChI=1S/C4H8O.2Na.2H/c1-2-3-4-5;;;;/h4H,2-3H2,1H3;;;;. The van der Waals surface area contributed by atoms with E-state index in [-0.39, 0.29) is 59.1 Å². The van der Waals surface area contributed by atoms with Gasteiger partial charge in [0.1, 0.15) is 6.29 Å². The van der Waals surface area contributed by atoms with Gasteiger partial charge in [0, 0.05) is 6.42 Å². The summed E-state index contributed by atoms with van der Waals surface area (Å²) in [6.45, 7) is 1.98. The Morgan fingerprint density at radius 3 is 1.86 bits per heavy atom. The van der Waals surface area contributed by atoms with Gasteiger partial charge in [0.15, 0.2) is 0 Å². The summed E-state index contributed by atoms with van der Waals surface area (Å²) in [4.78, 5) is 9.40. The molecular formula is C4H10Na2O.